The van der Waals surface area contributed by atoms with Crippen LogP contribution in [0.15, 0.2) is 78.7 Å². The van der Waals surface area contributed by atoms with Gasteiger partial charge in [-0.3, -0.25) is 4.79 Å². The molecule has 0 bridgehead atoms. The topological polar surface area (TPSA) is 50.2 Å². The Morgan fingerprint density at radius 3 is 2.00 bits per heavy atom. The van der Waals surface area contributed by atoms with E-state index in [1.54, 1.807) is 0 Å². The van der Waals surface area contributed by atoms with Crippen LogP contribution in [-0.2, 0) is 24.9 Å². The minimum atomic E-state index is 0. The largest absolute Gasteiger partial charge is 0.512 e. The number of allylic oxidation sites excluding steroid dienone is 2. The van der Waals surface area contributed by atoms with Gasteiger partial charge in [-0.05, 0) is 47.4 Å². The quantitative estimate of drug-likeness (QED) is 0.0798. The van der Waals surface area contributed by atoms with Crippen LogP contribution >= 0.6 is 0 Å². The Bertz CT molecular complexity index is 1610. The van der Waals surface area contributed by atoms with Crippen LogP contribution < -0.4 is 0 Å². The van der Waals surface area contributed by atoms with E-state index in [1.165, 1.54) is 44.0 Å². The molecule has 1 heterocycles. The number of hydrogen-bond donors (Lipinski definition) is 1. The molecule has 1 radical (unpaired) electrons. The normalized spacial score (nSPS) is 11.7. The predicted octanol–water partition coefficient (Wildman–Crippen LogP) is 9.67. The molecule has 4 heteroatoms. The van der Waals surface area contributed by atoms with Crippen LogP contribution in [-0.4, -0.2) is 15.9 Å². The molecule has 0 aliphatic carbocycles. The van der Waals surface area contributed by atoms with Crippen molar-refractivity contribution in [2.45, 2.75) is 60.3 Å². The third-order valence-electron chi connectivity index (χ3n) is 7.78. The molecule has 1 N–H and O–H groups in total. The van der Waals surface area contributed by atoms with E-state index in [2.05, 4.69) is 73.7 Å². The van der Waals surface area contributed by atoms with Gasteiger partial charge in [-0.25, -0.2) is 0 Å². The number of aromatic nitrogens is 1. The van der Waals surface area contributed by atoms with Crippen molar-refractivity contribution >= 4 is 49.0 Å². The number of aryl methyl sites for hydroxylation is 1. The summed E-state index contributed by atoms with van der Waals surface area (Å²) in [7, 11) is 0. The summed E-state index contributed by atoms with van der Waals surface area (Å²) in [4.78, 5) is 16.5. The van der Waals surface area contributed by atoms with Gasteiger partial charge in [0.2, 0.25) is 0 Å². The van der Waals surface area contributed by atoms with E-state index < -0.39 is 0 Å². The van der Waals surface area contributed by atoms with Crippen LogP contribution in [0.4, 0.5) is 0 Å². The molecule has 0 fully saturated rings. The minimum absolute atomic E-state index is 0. The molecule has 5 rings (SSSR count). The second-order valence-electron chi connectivity index (χ2n) is 10.0. The molecular weight excluding hydrogens is 659 g/mol. The van der Waals surface area contributed by atoms with Crippen molar-refractivity contribution in [1.82, 2.24) is 4.98 Å². The predicted molar refractivity (Wildman–Crippen MR) is 162 cm³/mol. The van der Waals surface area contributed by atoms with E-state index in [0.717, 1.165) is 36.6 Å². The molecule has 5 aromatic rings. The third kappa shape index (κ3) is 6.40. The summed E-state index contributed by atoms with van der Waals surface area (Å²) >= 11 is 0. The number of fused-ring (bicyclic) bond motifs is 7. The zero-order chi connectivity index (χ0) is 27.2. The van der Waals surface area contributed by atoms with Gasteiger partial charge in [0.05, 0.1) is 5.76 Å². The molecule has 0 atom stereocenters. The Hall–Kier alpha value is -3.07. The monoisotopic (exact) mass is 697 g/mol. The first kappa shape index (κ1) is 30.5. The van der Waals surface area contributed by atoms with E-state index in [4.69, 9.17) is 4.98 Å². The van der Waals surface area contributed by atoms with Crippen molar-refractivity contribution < 1.29 is 30.0 Å². The molecule has 1 aromatic heterocycles. The second kappa shape index (κ2) is 13.8. The smallest absolute Gasteiger partial charge is 0.162 e. The van der Waals surface area contributed by atoms with E-state index in [9.17, 15) is 9.90 Å². The van der Waals surface area contributed by atoms with E-state index in [1.807, 2.05) is 33.9 Å². The zero-order valence-electron chi connectivity index (χ0n) is 23.5. The van der Waals surface area contributed by atoms with E-state index in [0.29, 0.717) is 0 Å². The third-order valence-corrected chi connectivity index (χ3v) is 7.78. The van der Waals surface area contributed by atoms with Crippen LogP contribution in [0.1, 0.15) is 58.9 Å². The number of aliphatic hydroxyl groups is 1. The Morgan fingerprint density at radius 1 is 0.795 bits per heavy atom. The van der Waals surface area contributed by atoms with Gasteiger partial charge in [0.25, 0.3) is 0 Å². The summed E-state index contributed by atoms with van der Waals surface area (Å²) in [5.41, 5.74) is 2.21. The summed E-state index contributed by atoms with van der Waals surface area (Å²) in [5, 5.41) is 18.3. The SMILES string of the molecule is CCC(CC)C(=O)/C=C(\O)C(CC)CC.Cc1[c-]c2c(ccc3c4ccccc4cnc23)c2ccccc12.[Ir]. The summed E-state index contributed by atoms with van der Waals surface area (Å²) in [6, 6.07) is 24.9. The van der Waals surface area contributed by atoms with E-state index in [-0.39, 0.29) is 43.5 Å². The van der Waals surface area contributed by atoms with Crippen LogP contribution in [0, 0.1) is 24.8 Å². The number of benzene rings is 4. The summed E-state index contributed by atoms with van der Waals surface area (Å²) in [5.74, 6) is 0.547. The average molecular weight is 697 g/mol. The van der Waals surface area contributed by atoms with Crippen molar-refractivity contribution in [2.24, 2.45) is 11.8 Å². The molecule has 0 aliphatic heterocycles. The average Bonchev–Trinajstić information content (AvgIpc) is 2.94. The number of aliphatic hydroxyl groups excluding tert-OH is 1. The van der Waals surface area contributed by atoms with Crippen LogP contribution in [0.5, 0.6) is 0 Å². The van der Waals surface area contributed by atoms with Crippen molar-refractivity contribution in [2.75, 3.05) is 0 Å². The first-order chi connectivity index (χ1) is 18.4. The first-order valence-electron chi connectivity index (χ1n) is 13.9. The van der Waals surface area contributed by atoms with Crippen molar-refractivity contribution in [1.29, 1.82) is 0 Å². The van der Waals surface area contributed by atoms with Crippen molar-refractivity contribution in [3.8, 4) is 0 Å². The second-order valence-corrected chi connectivity index (χ2v) is 10.0. The fraction of sp³-hybridized carbons (Fsp3) is 0.314. The molecule has 4 aromatic carbocycles. The molecule has 0 unspecified atom stereocenters. The van der Waals surface area contributed by atoms with Crippen molar-refractivity contribution in [3.63, 3.8) is 0 Å². The number of carbonyl (C=O) groups is 1. The van der Waals surface area contributed by atoms with Gasteiger partial charge in [0.15, 0.2) is 5.78 Å². The molecule has 0 amide bonds. The Labute approximate surface area is 245 Å². The molecule has 39 heavy (non-hydrogen) atoms. The molecule has 3 nitrogen and oxygen atoms in total. The fourth-order valence-electron chi connectivity index (χ4n) is 5.36. The van der Waals surface area contributed by atoms with Crippen molar-refractivity contribution in [3.05, 3.63) is 90.3 Å². The van der Waals surface area contributed by atoms with Gasteiger partial charge in [0.1, 0.15) is 0 Å². The Balaban J connectivity index is 0.000000233. The zero-order valence-corrected chi connectivity index (χ0v) is 25.9. The molecule has 0 spiro atoms. The van der Waals surface area contributed by atoms with Gasteiger partial charge in [-0.15, -0.1) is 17.0 Å². The number of pyridine rings is 1. The minimum Gasteiger partial charge on any atom is -0.512 e. The number of rotatable bonds is 7. The maximum absolute atomic E-state index is 11.7. The summed E-state index contributed by atoms with van der Waals surface area (Å²) in [6.07, 6.45) is 6.87. The van der Waals surface area contributed by atoms with Gasteiger partial charge < -0.3 is 10.1 Å². The molecule has 0 saturated carbocycles. The van der Waals surface area contributed by atoms with Crippen LogP contribution in [0.2, 0.25) is 0 Å². The number of hydrogen-bond acceptors (Lipinski definition) is 3. The Morgan fingerprint density at radius 2 is 1.36 bits per heavy atom. The number of ketones is 1. The molecule has 205 valence electrons. The molecular formula is C35H38IrNO2-. The fourth-order valence-corrected chi connectivity index (χ4v) is 5.36. The van der Waals surface area contributed by atoms with Gasteiger partial charge >= 0.3 is 0 Å². The maximum atomic E-state index is 11.7. The van der Waals surface area contributed by atoms with Crippen LogP contribution in [0.3, 0.4) is 0 Å². The Kier molecular flexibility index (Phi) is 10.8. The summed E-state index contributed by atoms with van der Waals surface area (Å²) in [6.45, 7) is 10.2. The first-order valence-corrected chi connectivity index (χ1v) is 13.9. The van der Waals surface area contributed by atoms with E-state index >= 15 is 0 Å². The molecule has 0 saturated heterocycles. The van der Waals surface area contributed by atoms with Gasteiger partial charge in [-0.1, -0.05) is 111 Å². The number of nitrogens with zero attached hydrogens (tertiary/aromatic N) is 1. The van der Waals surface area contributed by atoms with Gasteiger partial charge in [0, 0.05) is 44.2 Å². The van der Waals surface area contributed by atoms with Crippen LogP contribution in [0.25, 0.3) is 43.2 Å². The molecule has 0 aliphatic rings. The number of carbonyl (C=O) groups excluding carboxylic acids is 1. The maximum Gasteiger partial charge on any atom is 0.162 e. The summed E-state index contributed by atoms with van der Waals surface area (Å²) < 4.78 is 0. The van der Waals surface area contributed by atoms with Gasteiger partial charge in [-0.2, -0.15) is 0 Å². The standard InChI is InChI=1S/C22H14N.C13H24O2.Ir/c1-14-12-21-19(18-9-5-4-7-16(14)18)10-11-20-17-8-3-2-6-15(17)13-23-22(20)21;1-5-10(6-2)12(14)9-13(15)11(7-3)8-4;/h2-11,13H,1H3;9-11,14H,5-8H2,1-4H3;/q-1;;/b;12-9-;.